The fraction of sp³-hybridized carbons (Fsp3) is 0.194. The zero-order chi connectivity index (χ0) is 26.2. The largest absolute Gasteiger partial charge is 0.487 e. The van der Waals surface area contributed by atoms with Crippen LogP contribution in [0, 0.1) is 0 Å². The van der Waals surface area contributed by atoms with E-state index in [4.69, 9.17) is 9.47 Å². The average Bonchev–Trinajstić information content (AvgIpc) is 3.60. The Labute approximate surface area is 226 Å². The van der Waals surface area contributed by atoms with E-state index in [-0.39, 0.29) is 5.97 Å². The Morgan fingerprint density at radius 1 is 0.974 bits per heavy atom. The smallest absolute Gasteiger partial charge is 0.306 e. The number of benzene rings is 2. The first kappa shape index (κ1) is 25.4. The molecule has 0 fully saturated rings. The molecule has 3 heterocycles. The van der Waals surface area contributed by atoms with Gasteiger partial charge in [-0.25, -0.2) is 4.98 Å². The van der Waals surface area contributed by atoms with Gasteiger partial charge < -0.3 is 14.0 Å². The maximum absolute atomic E-state index is 12.0. The Bertz CT molecular complexity index is 1460. The lowest BCUT2D eigenvalue weighted by molar-refractivity contribution is -0.143. The van der Waals surface area contributed by atoms with Gasteiger partial charge in [-0.3, -0.25) is 9.78 Å². The highest BCUT2D eigenvalue weighted by Crippen LogP contribution is 2.27. The number of ether oxygens (including phenoxy) is 2. The van der Waals surface area contributed by atoms with E-state index < -0.39 is 0 Å². The Morgan fingerprint density at radius 3 is 2.55 bits per heavy atom. The first-order valence-electron chi connectivity index (χ1n) is 12.6. The highest BCUT2D eigenvalue weighted by molar-refractivity contribution is 7.13. The summed E-state index contributed by atoms with van der Waals surface area (Å²) in [4.78, 5) is 21.0. The van der Waals surface area contributed by atoms with E-state index in [2.05, 4.69) is 51.2 Å². The molecule has 0 amide bonds. The summed E-state index contributed by atoms with van der Waals surface area (Å²) in [6.07, 6.45) is 7.07. The maximum Gasteiger partial charge on any atom is 0.306 e. The van der Waals surface area contributed by atoms with E-state index in [0.717, 1.165) is 50.9 Å². The number of esters is 1. The van der Waals surface area contributed by atoms with Crippen LogP contribution in [0.1, 0.15) is 30.2 Å². The molecule has 0 aliphatic heterocycles. The van der Waals surface area contributed by atoms with E-state index in [9.17, 15) is 4.79 Å². The number of pyridine rings is 1. The molecule has 7 heteroatoms. The number of hydrogen-bond acceptors (Lipinski definition) is 6. The van der Waals surface area contributed by atoms with Crippen LogP contribution in [0.25, 0.3) is 21.8 Å². The van der Waals surface area contributed by atoms with Crippen molar-refractivity contribution in [3.05, 3.63) is 114 Å². The summed E-state index contributed by atoms with van der Waals surface area (Å²) in [5.74, 6) is 0.634. The molecule has 5 aromatic rings. The minimum absolute atomic E-state index is 0.166. The number of rotatable bonds is 11. The average molecular weight is 524 g/mol. The van der Waals surface area contributed by atoms with Crippen LogP contribution in [0.4, 0.5) is 0 Å². The fourth-order valence-corrected chi connectivity index (χ4v) is 5.01. The molecule has 0 bridgehead atoms. The summed E-state index contributed by atoms with van der Waals surface area (Å²) in [6.45, 7) is 3.36. The van der Waals surface area contributed by atoms with E-state index in [0.29, 0.717) is 26.1 Å². The molecule has 38 heavy (non-hydrogen) atoms. The van der Waals surface area contributed by atoms with Gasteiger partial charge in [-0.2, -0.15) is 0 Å². The van der Waals surface area contributed by atoms with Crippen molar-refractivity contribution < 1.29 is 14.3 Å². The fourth-order valence-electron chi connectivity index (χ4n) is 4.23. The molecular weight excluding hydrogens is 494 g/mol. The van der Waals surface area contributed by atoms with E-state index >= 15 is 0 Å². The summed E-state index contributed by atoms with van der Waals surface area (Å²) < 4.78 is 13.3. The molecule has 192 valence electrons. The van der Waals surface area contributed by atoms with E-state index in [1.807, 2.05) is 60.8 Å². The minimum Gasteiger partial charge on any atom is -0.487 e. The van der Waals surface area contributed by atoms with Gasteiger partial charge in [0.1, 0.15) is 17.4 Å². The van der Waals surface area contributed by atoms with Gasteiger partial charge in [0, 0.05) is 42.5 Å². The van der Waals surface area contributed by atoms with E-state index in [1.165, 1.54) is 0 Å². The van der Waals surface area contributed by atoms with Crippen molar-refractivity contribution in [1.82, 2.24) is 14.5 Å². The van der Waals surface area contributed by atoms with Crippen molar-refractivity contribution >= 4 is 17.3 Å². The SMILES string of the molecule is CCOC(=O)CCc1cn(Cc2ccc(OCc3csc(-c4ccccn4)n3)cc2)cc1-c1ccccc1. The van der Waals surface area contributed by atoms with Gasteiger partial charge in [0.2, 0.25) is 0 Å². The van der Waals surface area contributed by atoms with Crippen molar-refractivity contribution in [2.24, 2.45) is 0 Å². The van der Waals surface area contributed by atoms with Crippen LogP contribution in [0.5, 0.6) is 5.75 Å². The predicted octanol–water partition coefficient (Wildman–Crippen LogP) is 6.80. The minimum atomic E-state index is -0.166. The topological polar surface area (TPSA) is 66.2 Å². The zero-order valence-electron chi connectivity index (χ0n) is 21.2. The van der Waals surface area contributed by atoms with Crippen LogP contribution in [0.3, 0.4) is 0 Å². The van der Waals surface area contributed by atoms with E-state index in [1.54, 1.807) is 17.5 Å². The lowest BCUT2D eigenvalue weighted by Gasteiger charge is -2.07. The molecule has 0 saturated heterocycles. The van der Waals surface area contributed by atoms with Crippen LogP contribution in [0.15, 0.2) is 96.8 Å². The van der Waals surface area contributed by atoms with Gasteiger partial charge in [-0.05, 0) is 54.3 Å². The number of carbonyl (C=O) groups excluding carboxylic acids is 1. The second-order valence-electron chi connectivity index (χ2n) is 8.83. The van der Waals surface area contributed by atoms with Crippen LogP contribution in [-0.4, -0.2) is 27.1 Å². The number of aryl methyl sites for hydroxylation is 1. The molecule has 0 unspecified atom stereocenters. The number of aromatic nitrogens is 3. The molecule has 0 N–H and O–H groups in total. The molecule has 0 spiro atoms. The molecule has 0 saturated carbocycles. The van der Waals surface area contributed by atoms with Gasteiger partial charge in [-0.1, -0.05) is 48.5 Å². The maximum atomic E-state index is 12.0. The van der Waals surface area contributed by atoms with Gasteiger partial charge in [-0.15, -0.1) is 11.3 Å². The lowest BCUT2D eigenvalue weighted by atomic mass is 10.0. The van der Waals surface area contributed by atoms with Gasteiger partial charge in [0.25, 0.3) is 0 Å². The van der Waals surface area contributed by atoms with Crippen molar-refractivity contribution in [1.29, 1.82) is 0 Å². The third-order valence-electron chi connectivity index (χ3n) is 6.06. The van der Waals surface area contributed by atoms with Crippen molar-refractivity contribution in [3.8, 4) is 27.6 Å². The number of nitrogens with zero attached hydrogens (tertiary/aromatic N) is 3. The monoisotopic (exact) mass is 523 g/mol. The van der Waals surface area contributed by atoms with Crippen molar-refractivity contribution in [3.63, 3.8) is 0 Å². The second-order valence-corrected chi connectivity index (χ2v) is 9.69. The lowest BCUT2D eigenvalue weighted by Crippen LogP contribution is -2.05. The first-order valence-corrected chi connectivity index (χ1v) is 13.5. The van der Waals surface area contributed by atoms with Crippen molar-refractivity contribution in [2.75, 3.05) is 6.61 Å². The molecule has 0 atom stereocenters. The Balaban J connectivity index is 1.23. The molecule has 0 aliphatic rings. The van der Waals surface area contributed by atoms with Gasteiger partial charge in [0.15, 0.2) is 0 Å². The molecule has 2 aromatic carbocycles. The molecule has 0 radical (unpaired) electrons. The quantitative estimate of drug-likeness (QED) is 0.178. The number of carbonyl (C=O) groups is 1. The van der Waals surface area contributed by atoms with Crippen LogP contribution in [-0.2, 0) is 29.1 Å². The molecule has 3 aromatic heterocycles. The summed E-state index contributed by atoms with van der Waals surface area (Å²) in [5.41, 5.74) is 6.34. The molecule has 6 nitrogen and oxygen atoms in total. The highest BCUT2D eigenvalue weighted by Gasteiger charge is 2.12. The summed E-state index contributed by atoms with van der Waals surface area (Å²) >= 11 is 1.57. The first-order chi connectivity index (χ1) is 18.7. The van der Waals surface area contributed by atoms with Crippen LogP contribution < -0.4 is 4.74 Å². The predicted molar refractivity (Wildman–Crippen MR) is 150 cm³/mol. The highest BCUT2D eigenvalue weighted by atomic mass is 32.1. The molecular formula is C31H29N3O3S. The summed E-state index contributed by atoms with van der Waals surface area (Å²) in [5, 5.41) is 2.90. The Morgan fingerprint density at radius 2 is 1.79 bits per heavy atom. The number of hydrogen-bond donors (Lipinski definition) is 0. The standard InChI is InChI=1S/C31H29N3O3S/c1-2-36-30(35)16-13-25-19-34(20-28(25)24-8-4-3-5-9-24)18-23-11-14-27(15-12-23)37-21-26-22-38-31(33-26)29-10-6-7-17-32-29/h3-12,14-15,17,19-20,22H,2,13,16,18,21H2,1H3. The third-order valence-corrected chi connectivity index (χ3v) is 6.98. The zero-order valence-corrected chi connectivity index (χ0v) is 22.1. The normalized spacial score (nSPS) is 10.9. The van der Waals surface area contributed by atoms with Crippen LogP contribution in [0.2, 0.25) is 0 Å². The molecule has 5 rings (SSSR count). The Kier molecular flexibility index (Phi) is 8.26. The molecule has 0 aliphatic carbocycles. The van der Waals surface area contributed by atoms with Crippen LogP contribution >= 0.6 is 11.3 Å². The van der Waals surface area contributed by atoms with Gasteiger partial charge in [0.05, 0.1) is 18.0 Å². The summed E-state index contributed by atoms with van der Waals surface area (Å²) in [6, 6.07) is 24.2. The van der Waals surface area contributed by atoms with Gasteiger partial charge >= 0.3 is 5.97 Å². The van der Waals surface area contributed by atoms with Crippen molar-refractivity contribution in [2.45, 2.75) is 32.9 Å². The number of thiazole rings is 1. The second kappa shape index (κ2) is 12.3. The summed E-state index contributed by atoms with van der Waals surface area (Å²) in [7, 11) is 0. The Hall–Kier alpha value is -4.23. The third kappa shape index (κ3) is 6.55.